The average molecular weight is 467 g/mol. The normalized spacial score (nSPS) is 11.1. The molecule has 2 aromatic carbocycles. The molecule has 0 aliphatic rings. The number of aromatic nitrogens is 3. The Labute approximate surface area is 192 Å². The van der Waals surface area contributed by atoms with Crippen molar-refractivity contribution in [2.45, 2.75) is 31.7 Å². The van der Waals surface area contributed by atoms with E-state index in [1.807, 2.05) is 57.4 Å². The number of fused-ring (bicyclic) bond motifs is 1. The van der Waals surface area contributed by atoms with E-state index in [4.69, 9.17) is 0 Å². The minimum Gasteiger partial charge on any atom is -0.325 e. The van der Waals surface area contributed by atoms with Gasteiger partial charge in [-0.15, -0.1) is 11.3 Å². The zero-order chi connectivity index (χ0) is 23.0. The number of amides is 1. The van der Waals surface area contributed by atoms with E-state index in [0.717, 1.165) is 21.3 Å². The van der Waals surface area contributed by atoms with Gasteiger partial charge in [-0.05, 0) is 62.4 Å². The lowest BCUT2D eigenvalue weighted by Gasteiger charge is -2.12. The van der Waals surface area contributed by atoms with E-state index in [9.17, 15) is 14.4 Å². The number of rotatable bonds is 5. The van der Waals surface area contributed by atoms with Crippen molar-refractivity contribution in [2.75, 3.05) is 11.6 Å². The first kappa shape index (κ1) is 22.0. The molecule has 4 aromatic rings. The number of hydrogen-bond donors (Lipinski definition) is 1. The summed E-state index contributed by atoms with van der Waals surface area (Å²) in [5.74, 6) is -0.369. The zero-order valence-corrected chi connectivity index (χ0v) is 19.8. The quantitative estimate of drug-likeness (QED) is 0.451. The molecule has 0 bridgehead atoms. The Hall–Kier alpha value is -3.17. The monoisotopic (exact) mass is 466 g/mol. The fraction of sp³-hybridized carbons (Fsp3) is 0.217. The van der Waals surface area contributed by atoms with Crippen LogP contribution in [0.3, 0.4) is 0 Å². The Morgan fingerprint density at radius 1 is 1.03 bits per heavy atom. The molecule has 2 heterocycles. The van der Waals surface area contributed by atoms with Crippen LogP contribution in [0.1, 0.15) is 16.7 Å². The van der Waals surface area contributed by atoms with Crippen molar-refractivity contribution >= 4 is 45.0 Å². The topological polar surface area (TPSA) is 86.0 Å². The number of nitrogens with zero attached hydrogens (tertiary/aromatic N) is 3. The molecule has 0 fully saturated rings. The van der Waals surface area contributed by atoms with Crippen molar-refractivity contribution in [3.05, 3.63) is 80.0 Å². The molecule has 1 amide bonds. The highest BCUT2D eigenvalue weighted by Gasteiger charge is 2.20. The molecule has 0 aliphatic carbocycles. The first-order valence-electron chi connectivity index (χ1n) is 9.92. The third kappa shape index (κ3) is 4.26. The number of carbonyl (C=O) groups excluding carboxylic acids is 1. The van der Waals surface area contributed by atoms with Crippen molar-refractivity contribution < 1.29 is 4.79 Å². The molecule has 0 aliphatic heterocycles. The Morgan fingerprint density at radius 2 is 1.69 bits per heavy atom. The van der Waals surface area contributed by atoms with Crippen LogP contribution >= 0.6 is 23.1 Å². The van der Waals surface area contributed by atoms with Gasteiger partial charge in [-0.25, -0.2) is 14.3 Å². The molecular formula is C23H22N4O3S2. The summed E-state index contributed by atoms with van der Waals surface area (Å²) in [7, 11) is 0. The number of thioether (sulfide) groups is 1. The van der Waals surface area contributed by atoms with E-state index in [-0.39, 0.29) is 18.1 Å². The summed E-state index contributed by atoms with van der Waals surface area (Å²) >= 11 is 2.61. The van der Waals surface area contributed by atoms with E-state index in [2.05, 4.69) is 10.3 Å². The standard InChI is InChI=1S/C23H22N4O3S2/c1-13-5-7-17(8-6-13)27-21(29)19-20(25-22(31-4)32-19)26(23(27)30)12-18(28)24-16-10-14(2)9-15(3)11-16/h5-11H,12H2,1-4H3,(H,24,28). The highest BCUT2D eigenvalue weighted by Crippen LogP contribution is 2.25. The summed E-state index contributed by atoms with van der Waals surface area (Å²) in [6, 6.07) is 12.9. The molecule has 1 N–H and O–H groups in total. The van der Waals surface area contributed by atoms with Crippen LogP contribution in [0.2, 0.25) is 0 Å². The second-order valence-electron chi connectivity index (χ2n) is 7.61. The van der Waals surface area contributed by atoms with Gasteiger partial charge in [0.2, 0.25) is 5.91 Å². The van der Waals surface area contributed by atoms with Gasteiger partial charge < -0.3 is 5.32 Å². The fourth-order valence-corrected chi connectivity index (χ4v) is 5.05. The third-order valence-corrected chi connectivity index (χ3v) is 6.96. The van der Waals surface area contributed by atoms with Gasteiger partial charge in [0.15, 0.2) is 9.99 Å². The molecule has 32 heavy (non-hydrogen) atoms. The van der Waals surface area contributed by atoms with Crippen molar-refractivity contribution in [2.24, 2.45) is 0 Å². The van der Waals surface area contributed by atoms with Gasteiger partial charge in [-0.1, -0.05) is 35.5 Å². The average Bonchev–Trinajstić information content (AvgIpc) is 3.17. The molecule has 0 saturated carbocycles. The first-order chi connectivity index (χ1) is 15.3. The third-order valence-electron chi connectivity index (χ3n) is 4.94. The predicted octanol–water partition coefficient (Wildman–Crippen LogP) is 3.89. The summed E-state index contributed by atoms with van der Waals surface area (Å²) in [5, 5.41) is 2.85. The molecule has 2 aromatic heterocycles. The molecule has 0 atom stereocenters. The molecule has 164 valence electrons. The van der Waals surface area contributed by atoms with Gasteiger partial charge in [-0.3, -0.25) is 14.2 Å². The number of anilines is 1. The lowest BCUT2D eigenvalue weighted by Crippen LogP contribution is -2.40. The summed E-state index contributed by atoms with van der Waals surface area (Å²) < 4.78 is 3.37. The number of hydrogen-bond acceptors (Lipinski definition) is 6. The van der Waals surface area contributed by atoms with E-state index in [0.29, 0.717) is 20.4 Å². The number of carbonyl (C=O) groups is 1. The van der Waals surface area contributed by atoms with Gasteiger partial charge in [0.1, 0.15) is 11.2 Å². The van der Waals surface area contributed by atoms with Crippen LogP contribution in [-0.4, -0.2) is 26.3 Å². The van der Waals surface area contributed by atoms with Crippen LogP contribution in [0, 0.1) is 20.8 Å². The molecule has 7 nitrogen and oxygen atoms in total. The van der Waals surface area contributed by atoms with E-state index < -0.39 is 11.2 Å². The Balaban J connectivity index is 1.83. The Bertz CT molecular complexity index is 1430. The van der Waals surface area contributed by atoms with Gasteiger partial charge in [0, 0.05) is 5.69 Å². The van der Waals surface area contributed by atoms with E-state index in [1.54, 1.807) is 12.1 Å². The largest absolute Gasteiger partial charge is 0.337 e. The molecule has 0 spiro atoms. The number of aryl methyl sites for hydroxylation is 3. The molecule has 4 rings (SSSR count). The first-order valence-corrected chi connectivity index (χ1v) is 12.0. The van der Waals surface area contributed by atoms with Crippen molar-refractivity contribution in [3.63, 3.8) is 0 Å². The maximum atomic E-state index is 13.4. The summed E-state index contributed by atoms with van der Waals surface area (Å²) in [4.78, 5) is 43.9. The molecule has 0 saturated heterocycles. The van der Waals surface area contributed by atoms with Crippen LogP contribution < -0.4 is 16.6 Å². The maximum Gasteiger partial charge on any atom is 0.337 e. The van der Waals surface area contributed by atoms with Crippen LogP contribution in [-0.2, 0) is 11.3 Å². The predicted molar refractivity (Wildman–Crippen MR) is 131 cm³/mol. The molecule has 0 radical (unpaired) electrons. The maximum absolute atomic E-state index is 13.4. The summed E-state index contributed by atoms with van der Waals surface area (Å²) in [5.41, 5.74) is 3.37. The smallest absolute Gasteiger partial charge is 0.325 e. The minimum atomic E-state index is -0.597. The van der Waals surface area contributed by atoms with Gasteiger partial charge in [-0.2, -0.15) is 0 Å². The van der Waals surface area contributed by atoms with E-state index in [1.165, 1.54) is 27.7 Å². The Kier molecular flexibility index (Phi) is 6.03. The highest BCUT2D eigenvalue weighted by atomic mass is 32.2. The van der Waals surface area contributed by atoms with Crippen molar-refractivity contribution in [1.29, 1.82) is 0 Å². The minimum absolute atomic E-state index is 0.230. The van der Waals surface area contributed by atoms with Crippen LogP contribution in [0.5, 0.6) is 0 Å². The van der Waals surface area contributed by atoms with Gasteiger partial charge in [0.05, 0.1) is 5.69 Å². The zero-order valence-electron chi connectivity index (χ0n) is 18.1. The lowest BCUT2D eigenvalue weighted by atomic mass is 10.1. The SMILES string of the molecule is CSc1nc2c(s1)c(=O)n(-c1ccc(C)cc1)c(=O)n2CC(=O)Nc1cc(C)cc(C)c1. The fourth-order valence-electron chi connectivity index (χ4n) is 3.56. The number of nitrogens with one attached hydrogen (secondary N) is 1. The highest BCUT2D eigenvalue weighted by molar-refractivity contribution is 8.00. The summed E-state index contributed by atoms with van der Waals surface area (Å²) in [6.45, 7) is 5.58. The van der Waals surface area contributed by atoms with Crippen LogP contribution in [0.25, 0.3) is 16.0 Å². The second kappa shape index (κ2) is 8.76. The van der Waals surface area contributed by atoms with Crippen molar-refractivity contribution in [3.8, 4) is 5.69 Å². The van der Waals surface area contributed by atoms with E-state index >= 15 is 0 Å². The second-order valence-corrected chi connectivity index (χ2v) is 9.66. The van der Waals surface area contributed by atoms with Crippen LogP contribution in [0.15, 0.2) is 56.4 Å². The van der Waals surface area contributed by atoms with Gasteiger partial charge >= 0.3 is 5.69 Å². The number of thiazole rings is 1. The molecular weight excluding hydrogens is 444 g/mol. The Morgan fingerprint density at radius 3 is 2.31 bits per heavy atom. The summed E-state index contributed by atoms with van der Waals surface area (Å²) in [6.07, 6.45) is 1.85. The lowest BCUT2D eigenvalue weighted by molar-refractivity contribution is -0.116. The van der Waals surface area contributed by atoms with Crippen molar-refractivity contribution in [1.82, 2.24) is 14.1 Å². The van der Waals surface area contributed by atoms with Gasteiger partial charge in [0.25, 0.3) is 5.56 Å². The number of benzene rings is 2. The molecule has 0 unspecified atom stereocenters. The molecule has 9 heteroatoms. The van der Waals surface area contributed by atoms with Crippen LogP contribution in [0.4, 0.5) is 5.69 Å².